The van der Waals surface area contributed by atoms with Crippen LogP contribution in [0.15, 0.2) is 24.3 Å². The highest BCUT2D eigenvalue weighted by Gasteiger charge is 2.26. The van der Waals surface area contributed by atoms with Crippen molar-refractivity contribution in [1.82, 2.24) is 10.6 Å². The normalized spacial score (nSPS) is 22.8. The van der Waals surface area contributed by atoms with Crippen molar-refractivity contribution in [2.24, 2.45) is 5.41 Å². The van der Waals surface area contributed by atoms with Crippen LogP contribution in [0.4, 0.5) is 10.5 Å². The summed E-state index contributed by atoms with van der Waals surface area (Å²) in [6.45, 7) is 6.99. The minimum Gasteiger partial charge on any atom is -0.337 e. The predicted molar refractivity (Wildman–Crippen MR) is 78.4 cm³/mol. The van der Waals surface area contributed by atoms with Crippen LogP contribution in [-0.4, -0.2) is 25.7 Å². The summed E-state index contributed by atoms with van der Waals surface area (Å²) in [5.41, 5.74) is 2.15. The van der Waals surface area contributed by atoms with E-state index in [9.17, 15) is 4.79 Å². The molecular formula is C15H23N3O. The second kappa shape index (κ2) is 6.06. The Bertz CT molecular complexity index is 439. The van der Waals surface area contributed by atoms with Crippen LogP contribution in [0.2, 0.25) is 0 Å². The third-order valence-electron chi connectivity index (χ3n) is 3.64. The fourth-order valence-electron chi connectivity index (χ4n) is 2.46. The molecule has 3 N–H and O–H groups in total. The van der Waals surface area contributed by atoms with E-state index < -0.39 is 0 Å². The van der Waals surface area contributed by atoms with Crippen LogP contribution in [0.3, 0.4) is 0 Å². The minimum atomic E-state index is -0.127. The number of carbonyl (C=O) groups excluding carboxylic acids is 1. The van der Waals surface area contributed by atoms with Gasteiger partial charge >= 0.3 is 6.03 Å². The molecule has 1 unspecified atom stereocenters. The predicted octanol–water partition coefficient (Wildman–Crippen LogP) is 2.51. The van der Waals surface area contributed by atoms with E-state index in [0.717, 1.165) is 30.8 Å². The Balaban J connectivity index is 1.81. The molecule has 1 atom stereocenters. The van der Waals surface area contributed by atoms with Gasteiger partial charge in [0.2, 0.25) is 0 Å². The molecule has 1 heterocycles. The Labute approximate surface area is 115 Å². The van der Waals surface area contributed by atoms with E-state index in [1.165, 1.54) is 6.42 Å². The molecule has 0 bridgehead atoms. The average molecular weight is 261 g/mol. The first-order valence-corrected chi connectivity index (χ1v) is 6.90. The lowest BCUT2D eigenvalue weighted by Gasteiger charge is -2.34. The Morgan fingerprint density at radius 2 is 2.32 bits per heavy atom. The maximum Gasteiger partial charge on any atom is 0.319 e. The zero-order chi connectivity index (χ0) is 13.7. The number of amides is 2. The maximum atomic E-state index is 11.9. The SMILES string of the molecule is Cc1cccc(NC(=O)NCC2(C)CCCNC2)c1. The fourth-order valence-corrected chi connectivity index (χ4v) is 2.46. The second-order valence-electron chi connectivity index (χ2n) is 5.77. The molecule has 104 valence electrons. The quantitative estimate of drug-likeness (QED) is 0.783. The maximum absolute atomic E-state index is 11.9. The summed E-state index contributed by atoms with van der Waals surface area (Å²) >= 11 is 0. The molecule has 4 heteroatoms. The van der Waals surface area contributed by atoms with Gasteiger partial charge in [-0.1, -0.05) is 19.1 Å². The molecular weight excluding hydrogens is 238 g/mol. The first kappa shape index (κ1) is 13.9. The van der Waals surface area contributed by atoms with Gasteiger partial charge < -0.3 is 16.0 Å². The van der Waals surface area contributed by atoms with Crippen molar-refractivity contribution < 1.29 is 4.79 Å². The molecule has 1 aromatic carbocycles. The van der Waals surface area contributed by atoms with Gasteiger partial charge in [0.15, 0.2) is 0 Å². The molecule has 0 aromatic heterocycles. The number of carbonyl (C=O) groups is 1. The number of hydrogen-bond acceptors (Lipinski definition) is 2. The monoisotopic (exact) mass is 261 g/mol. The Morgan fingerprint density at radius 3 is 3.00 bits per heavy atom. The highest BCUT2D eigenvalue weighted by Crippen LogP contribution is 2.24. The molecule has 0 aliphatic carbocycles. The van der Waals surface area contributed by atoms with Crippen LogP contribution in [0.5, 0.6) is 0 Å². The van der Waals surface area contributed by atoms with Gasteiger partial charge in [-0.15, -0.1) is 0 Å². The molecule has 19 heavy (non-hydrogen) atoms. The van der Waals surface area contributed by atoms with Crippen molar-refractivity contribution in [3.8, 4) is 0 Å². The molecule has 0 spiro atoms. The molecule has 1 aliphatic rings. The topological polar surface area (TPSA) is 53.2 Å². The van der Waals surface area contributed by atoms with Crippen LogP contribution in [-0.2, 0) is 0 Å². The lowest BCUT2D eigenvalue weighted by atomic mass is 9.83. The summed E-state index contributed by atoms with van der Waals surface area (Å²) in [4.78, 5) is 11.9. The van der Waals surface area contributed by atoms with Crippen molar-refractivity contribution in [2.75, 3.05) is 25.0 Å². The van der Waals surface area contributed by atoms with E-state index in [2.05, 4.69) is 22.9 Å². The zero-order valence-electron chi connectivity index (χ0n) is 11.8. The van der Waals surface area contributed by atoms with Crippen molar-refractivity contribution in [1.29, 1.82) is 0 Å². The van der Waals surface area contributed by atoms with Gasteiger partial charge in [-0.2, -0.15) is 0 Å². The van der Waals surface area contributed by atoms with Crippen LogP contribution in [0.25, 0.3) is 0 Å². The van der Waals surface area contributed by atoms with Gasteiger partial charge in [-0.05, 0) is 49.4 Å². The molecule has 0 saturated carbocycles. The van der Waals surface area contributed by atoms with E-state index in [1.54, 1.807) is 0 Å². The van der Waals surface area contributed by atoms with Gasteiger partial charge in [0.1, 0.15) is 0 Å². The summed E-state index contributed by atoms with van der Waals surface area (Å²) < 4.78 is 0. The number of urea groups is 1. The van der Waals surface area contributed by atoms with Gasteiger partial charge in [-0.25, -0.2) is 4.79 Å². The van der Waals surface area contributed by atoms with Gasteiger partial charge in [0.05, 0.1) is 0 Å². The summed E-state index contributed by atoms with van der Waals surface area (Å²) in [6, 6.07) is 7.69. The molecule has 0 radical (unpaired) electrons. The lowest BCUT2D eigenvalue weighted by Crippen LogP contribution is -2.46. The molecule has 1 aromatic rings. The minimum absolute atomic E-state index is 0.127. The smallest absolute Gasteiger partial charge is 0.319 e. The lowest BCUT2D eigenvalue weighted by molar-refractivity contribution is 0.217. The molecule has 4 nitrogen and oxygen atoms in total. The number of benzene rings is 1. The molecule has 2 rings (SSSR count). The van der Waals surface area contributed by atoms with Crippen LogP contribution in [0, 0.1) is 12.3 Å². The molecule has 1 fully saturated rings. The number of hydrogen-bond donors (Lipinski definition) is 3. The third-order valence-corrected chi connectivity index (χ3v) is 3.64. The Kier molecular flexibility index (Phi) is 4.43. The van der Waals surface area contributed by atoms with E-state index in [1.807, 2.05) is 31.2 Å². The molecule has 1 saturated heterocycles. The first-order valence-electron chi connectivity index (χ1n) is 6.90. The number of anilines is 1. The van der Waals surface area contributed by atoms with Crippen molar-refractivity contribution in [3.63, 3.8) is 0 Å². The number of aryl methyl sites for hydroxylation is 1. The summed E-state index contributed by atoms with van der Waals surface area (Å²) in [5, 5.41) is 9.22. The van der Waals surface area contributed by atoms with E-state index in [4.69, 9.17) is 0 Å². The highest BCUT2D eigenvalue weighted by molar-refractivity contribution is 5.89. The van der Waals surface area contributed by atoms with Crippen LogP contribution < -0.4 is 16.0 Å². The van der Waals surface area contributed by atoms with E-state index >= 15 is 0 Å². The van der Waals surface area contributed by atoms with Crippen molar-refractivity contribution in [3.05, 3.63) is 29.8 Å². The van der Waals surface area contributed by atoms with E-state index in [-0.39, 0.29) is 11.4 Å². The fraction of sp³-hybridized carbons (Fsp3) is 0.533. The molecule has 2 amide bonds. The van der Waals surface area contributed by atoms with Gasteiger partial charge in [0.25, 0.3) is 0 Å². The largest absolute Gasteiger partial charge is 0.337 e. The van der Waals surface area contributed by atoms with Crippen LogP contribution in [0.1, 0.15) is 25.3 Å². The molecule has 1 aliphatic heterocycles. The summed E-state index contributed by atoms with van der Waals surface area (Å²) in [6.07, 6.45) is 2.34. The Hall–Kier alpha value is -1.55. The van der Waals surface area contributed by atoms with Crippen LogP contribution >= 0.6 is 0 Å². The van der Waals surface area contributed by atoms with Crippen molar-refractivity contribution >= 4 is 11.7 Å². The summed E-state index contributed by atoms with van der Waals surface area (Å²) in [7, 11) is 0. The van der Waals surface area contributed by atoms with Gasteiger partial charge in [0, 0.05) is 18.8 Å². The third kappa shape index (κ3) is 4.24. The van der Waals surface area contributed by atoms with Gasteiger partial charge in [-0.3, -0.25) is 0 Å². The summed E-state index contributed by atoms with van der Waals surface area (Å²) in [5.74, 6) is 0. The second-order valence-corrected chi connectivity index (χ2v) is 5.77. The first-order chi connectivity index (χ1) is 9.07. The standard InChI is InChI=1S/C15H23N3O/c1-12-5-3-6-13(9-12)18-14(19)17-11-15(2)7-4-8-16-10-15/h3,5-6,9,16H,4,7-8,10-11H2,1-2H3,(H2,17,18,19). The number of nitrogens with one attached hydrogen (secondary N) is 3. The van der Waals surface area contributed by atoms with Crippen molar-refractivity contribution in [2.45, 2.75) is 26.7 Å². The number of rotatable bonds is 3. The average Bonchev–Trinajstić information content (AvgIpc) is 2.38. The van der Waals surface area contributed by atoms with E-state index in [0.29, 0.717) is 6.54 Å². The number of piperidine rings is 1. The highest BCUT2D eigenvalue weighted by atomic mass is 16.2. The Morgan fingerprint density at radius 1 is 1.47 bits per heavy atom. The zero-order valence-corrected chi connectivity index (χ0v) is 11.8.